The van der Waals surface area contributed by atoms with Crippen LogP contribution >= 0.6 is 11.3 Å². The number of rotatable bonds is 9. The summed E-state index contributed by atoms with van der Waals surface area (Å²) in [6.45, 7) is 5.99. The summed E-state index contributed by atoms with van der Waals surface area (Å²) in [6, 6.07) is 12.7. The third-order valence-electron chi connectivity index (χ3n) is 5.90. The highest BCUT2D eigenvalue weighted by Crippen LogP contribution is 2.41. The Labute approximate surface area is 211 Å². The molecule has 1 atom stereocenters. The van der Waals surface area contributed by atoms with Gasteiger partial charge in [-0.2, -0.15) is 0 Å². The number of anilines is 1. The lowest BCUT2D eigenvalue weighted by atomic mass is 9.94. The van der Waals surface area contributed by atoms with Gasteiger partial charge in [0.05, 0.1) is 23.8 Å². The number of hydrogen-bond acceptors (Lipinski definition) is 7. The van der Waals surface area contributed by atoms with Gasteiger partial charge in [-0.1, -0.05) is 36.4 Å². The second kappa shape index (κ2) is 10.5. The van der Waals surface area contributed by atoms with Gasteiger partial charge in [-0.05, 0) is 53.7 Å². The molecule has 184 valence electrons. The molecule has 0 amide bonds. The van der Waals surface area contributed by atoms with Gasteiger partial charge in [0.15, 0.2) is 5.82 Å². The molecule has 0 fully saturated rings. The van der Waals surface area contributed by atoms with Crippen LogP contribution in [0.5, 0.6) is 0 Å². The number of nitrogens with one attached hydrogen (secondary N) is 2. The average molecular weight is 506 g/mol. The van der Waals surface area contributed by atoms with E-state index in [1.165, 1.54) is 23.6 Å². The minimum atomic E-state index is -0.503. The molecular weight excluding hydrogens is 480 g/mol. The fourth-order valence-corrected chi connectivity index (χ4v) is 5.39. The number of aromatic nitrogens is 5. The van der Waals surface area contributed by atoms with Gasteiger partial charge < -0.3 is 10.6 Å². The number of hydrogen-bond donors (Lipinski definition) is 2. The van der Waals surface area contributed by atoms with Crippen molar-refractivity contribution in [1.29, 1.82) is 0 Å². The maximum atomic E-state index is 14.8. The van der Waals surface area contributed by atoms with Crippen LogP contribution in [0.1, 0.15) is 25.5 Å². The minimum Gasteiger partial charge on any atom is -0.352 e. The van der Waals surface area contributed by atoms with E-state index in [4.69, 9.17) is 0 Å². The molecular formula is C26H25F2N7S. The fourth-order valence-electron chi connectivity index (χ4n) is 4.21. The lowest BCUT2D eigenvalue weighted by Crippen LogP contribution is -2.18. The maximum Gasteiger partial charge on any atom is 0.223 e. The fraction of sp³-hybridized carbons (Fsp3) is 0.231. The number of benzene rings is 2. The van der Waals surface area contributed by atoms with Gasteiger partial charge in [-0.25, -0.2) is 18.7 Å². The van der Waals surface area contributed by atoms with Crippen LogP contribution in [0.25, 0.3) is 31.8 Å². The smallest absolute Gasteiger partial charge is 0.223 e. The molecule has 3 heterocycles. The molecule has 0 aliphatic carbocycles. The first-order valence-corrected chi connectivity index (χ1v) is 12.5. The van der Waals surface area contributed by atoms with Crippen molar-refractivity contribution >= 4 is 27.4 Å². The van der Waals surface area contributed by atoms with Crippen LogP contribution in [0, 0.1) is 11.6 Å². The van der Waals surface area contributed by atoms with Gasteiger partial charge in [-0.15, -0.1) is 16.4 Å². The lowest BCUT2D eigenvalue weighted by Gasteiger charge is -2.18. The summed E-state index contributed by atoms with van der Waals surface area (Å²) in [6.07, 6.45) is 4.54. The summed E-state index contributed by atoms with van der Waals surface area (Å²) < 4.78 is 31.8. The van der Waals surface area contributed by atoms with E-state index in [0.29, 0.717) is 23.9 Å². The zero-order chi connectivity index (χ0) is 25.1. The zero-order valence-electron chi connectivity index (χ0n) is 19.9. The van der Waals surface area contributed by atoms with E-state index in [1.807, 2.05) is 37.3 Å². The molecule has 2 aromatic carbocycles. The average Bonchev–Trinajstić information content (AvgIpc) is 3.55. The molecule has 3 aromatic heterocycles. The van der Waals surface area contributed by atoms with E-state index in [2.05, 4.69) is 37.8 Å². The van der Waals surface area contributed by atoms with E-state index in [1.54, 1.807) is 23.1 Å². The Kier molecular flexibility index (Phi) is 6.97. The number of thiophene rings is 1. The van der Waals surface area contributed by atoms with Crippen molar-refractivity contribution in [3.63, 3.8) is 0 Å². The highest BCUT2D eigenvalue weighted by atomic mass is 32.1. The summed E-state index contributed by atoms with van der Waals surface area (Å²) in [7, 11) is 0. The number of halogens is 2. The predicted octanol–water partition coefficient (Wildman–Crippen LogP) is 5.68. The summed E-state index contributed by atoms with van der Waals surface area (Å²) in [4.78, 5) is 9.19. The number of fused-ring (bicyclic) bond motifs is 1. The topological polar surface area (TPSA) is 80.5 Å². The normalized spacial score (nSPS) is 12.2. The van der Waals surface area contributed by atoms with Gasteiger partial charge in [0.2, 0.25) is 5.95 Å². The highest BCUT2D eigenvalue weighted by Gasteiger charge is 2.18. The number of nitrogens with zero attached hydrogens (tertiary/aromatic N) is 5. The first-order valence-electron chi connectivity index (χ1n) is 11.7. The molecule has 5 rings (SSSR count). The van der Waals surface area contributed by atoms with Gasteiger partial charge in [0.1, 0.15) is 11.5 Å². The Balaban J connectivity index is 1.50. The molecule has 0 radical (unpaired) electrons. The minimum absolute atomic E-state index is 0.0470. The van der Waals surface area contributed by atoms with Crippen molar-refractivity contribution in [1.82, 2.24) is 30.3 Å². The Morgan fingerprint density at radius 3 is 2.81 bits per heavy atom. The molecule has 0 unspecified atom stereocenters. The molecule has 0 saturated heterocycles. The van der Waals surface area contributed by atoms with Gasteiger partial charge >= 0.3 is 0 Å². The van der Waals surface area contributed by atoms with Crippen LogP contribution in [0.3, 0.4) is 0 Å². The highest BCUT2D eigenvalue weighted by molar-refractivity contribution is 7.22. The van der Waals surface area contributed by atoms with Crippen LogP contribution < -0.4 is 10.6 Å². The molecule has 2 N–H and O–H groups in total. The summed E-state index contributed by atoms with van der Waals surface area (Å²) in [5.41, 5.74) is 2.96. The molecule has 0 aliphatic heterocycles. The Bertz CT molecular complexity index is 1480. The Morgan fingerprint density at radius 1 is 1.11 bits per heavy atom. The van der Waals surface area contributed by atoms with Crippen molar-refractivity contribution in [2.75, 3.05) is 18.4 Å². The molecule has 0 aliphatic rings. The summed E-state index contributed by atoms with van der Waals surface area (Å²) in [5.74, 6) is -0.470. The van der Waals surface area contributed by atoms with E-state index in [0.717, 1.165) is 33.3 Å². The third kappa shape index (κ3) is 4.95. The molecule has 7 nitrogen and oxygen atoms in total. The van der Waals surface area contributed by atoms with Crippen LogP contribution in [0.2, 0.25) is 0 Å². The second-order valence-corrected chi connectivity index (χ2v) is 9.38. The van der Waals surface area contributed by atoms with Crippen molar-refractivity contribution in [2.45, 2.75) is 26.4 Å². The monoisotopic (exact) mass is 505 g/mol. The molecule has 36 heavy (non-hydrogen) atoms. The molecule has 0 spiro atoms. The van der Waals surface area contributed by atoms with Crippen molar-refractivity contribution in [2.24, 2.45) is 0 Å². The van der Waals surface area contributed by atoms with Crippen LogP contribution in [-0.2, 0) is 6.54 Å². The van der Waals surface area contributed by atoms with Crippen molar-refractivity contribution in [3.8, 4) is 21.7 Å². The largest absolute Gasteiger partial charge is 0.352 e. The van der Waals surface area contributed by atoms with Crippen LogP contribution in [0.15, 0.2) is 61.1 Å². The molecule has 10 heteroatoms. The predicted molar refractivity (Wildman–Crippen MR) is 139 cm³/mol. The van der Waals surface area contributed by atoms with E-state index >= 15 is 0 Å². The Morgan fingerprint density at radius 2 is 2.00 bits per heavy atom. The van der Waals surface area contributed by atoms with Crippen molar-refractivity contribution < 1.29 is 8.78 Å². The standard InChI is InChI=1S/C26H25F2N7S/c1-3-29-16(2)19-8-7-18(27)14-21(19)20-6-4-5-17-13-23(36-25(17)20)24-22(28)15-31-26(33-24)30-9-11-35-12-10-32-34-35/h4-8,10,12-16,29H,3,9,11H2,1-2H3,(H,30,31,33)/t16-/m0/s1. The SMILES string of the molecule is CCN[C@@H](C)c1ccc(F)cc1-c1cccc2cc(-c3nc(NCCn4ccnn4)ncc3F)sc12. The summed E-state index contributed by atoms with van der Waals surface area (Å²) in [5, 5.41) is 15.1. The first kappa shape index (κ1) is 24.0. The molecule has 0 saturated carbocycles. The van der Waals surface area contributed by atoms with E-state index in [-0.39, 0.29) is 17.6 Å². The first-order chi connectivity index (χ1) is 17.5. The van der Waals surface area contributed by atoms with E-state index in [9.17, 15) is 8.78 Å². The van der Waals surface area contributed by atoms with Crippen LogP contribution in [0.4, 0.5) is 14.7 Å². The van der Waals surface area contributed by atoms with E-state index < -0.39 is 5.82 Å². The molecule has 5 aromatic rings. The zero-order valence-corrected chi connectivity index (χ0v) is 20.7. The van der Waals surface area contributed by atoms with Gasteiger partial charge in [0, 0.05) is 23.5 Å². The van der Waals surface area contributed by atoms with Gasteiger partial charge in [0.25, 0.3) is 0 Å². The Hall–Kier alpha value is -3.76. The second-order valence-electron chi connectivity index (χ2n) is 8.33. The van der Waals surface area contributed by atoms with Gasteiger partial charge in [-0.3, -0.25) is 4.68 Å². The lowest BCUT2D eigenvalue weighted by molar-refractivity contribution is 0.593. The molecule has 0 bridgehead atoms. The quantitative estimate of drug-likeness (QED) is 0.268. The maximum absolute atomic E-state index is 14.8. The van der Waals surface area contributed by atoms with Crippen molar-refractivity contribution in [3.05, 3.63) is 78.3 Å². The van der Waals surface area contributed by atoms with Crippen LogP contribution in [-0.4, -0.2) is 38.1 Å². The summed E-state index contributed by atoms with van der Waals surface area (Å²) >= 11 is 1.43. The third-order valence-corrected chi connectivity index (χ3v) is 7.09.